The fraction of sp³-hybridized carbons (Fsp3) is 0.438. The molecule has 0 saturated carbocycles. The first-order chi connectivity index (χ1) is 18.0. The highest BCUT2D eigenvalue weighted by Gasteiger charge is 2.40. The van der Waals surface area contributed by atoms with Gasteiger partial charge in [-0.3, -0.25) is 4.90 Å². The maximum absolute atomic E-state index is 14.3. The summed E-state index contributed by atoms with van der Waals surface area (Å²) in [6, 6.07) is 25.4. The molecule has 3 aromatic rings. The van der Waals surface area contributed by atoms with Crippen LogP contribution in [0.1, 0.15) is 56.6 Å². The Morgan fingerprint density at radius 1 is 0.865 bits per heavy atom. The van der Waals surface area contributed by atoms with Gasteiger partial charge in [0.2, 0.25) is 0 Å². The van der Waals surface area contributed by atoms with E-state index in [-0.39, 0.29) is 11.7 Å². The lowest BCUT2D eigenvalue weighted by Gasteiger charge is -2.43. The van der Waals surface area contributed by atoms with Crippen molar-refractivity contribution in [2.45, 2.75) is 51.0 Å². The molecule has 1 saturated heterocycles. The molecule has 0 spiro atoms. The number of aliphatic hydroxyl groups is 1. The number of halogens is 1. The van der Waals surface area contributed by atoms with Crippen molar-refractivity contribution in [2.24, 2.45) is 0 Å². The number of unbranched alkanes of at least 4 members (excludes halogenated alkanes) is 1. The summed E-state index contributed by atoms with van der Waals surface area (Å²) < 4.78 is 20.2. The van der Waals surface area contributed by atoms with Gasteiger partial charge in [-0.25, -0.2) is 4.39 Å². The van der Waals surface area contributed by atoms with Crippen molar-refractivity contribution < 1.29 is 14.2 Å². The molecule has 37 heavy (non-hydrogen) atoms. The van der Waals surface area contributed by atoms with E-state index < -0.39 is 5.60 Å². The van der Waals surface area contributed by atoms with Crippen molar-refractivity contribution in [1.82, 2.24) is 4.90 Å². The summed E-state index contributed by atoms with van der Waals surface area (Å²) in [4.78, 5) is 4.54. The number of para-hydroxylation sites is 1. The Bertz CT molecular complexity index is 1080. The molecule has 2 unspecified atom stereocenters. The fourth-order valence-electron chi connectivity index (χ4n) is 5.43. The SMILES string of the molecule is CCCCOc1ccc(C(O)(CCC)C(CN2CCN(c3ccccc3F)CC2)c2ccccc2)cc1. The van der Waals surface area contributed by atoms with Crippen LogP contribution in [0.25, 0.3) is 0 Å². The van der Waals surface area contributed by atoms with Crippen LogP contribution >= 0.6 is 0 Å². The molecule has 2 atom stereocenters. The lowest BCUT2D eigenvalue weighted by atomic mass is 9.74. The van der Waals surface area contributed by atoms with Gasteiger partial charge in [0.25, 0.3) is 0 Å². The predicted molar refractivity (Wildman–Crippen MR) is 150 cm³/mol. The first-order valence-electron chi connectivity index (χ1n) is 13.8. The summed E-state index contributed by atoms with van der Waals surface area (Å²) in [6.07, 6.45) is 3.66. The molecular formula is C32H41FN2O2. The van der Waals surface area contributed by atoms with Crippen LogP contribution < -0.4 is 9.64 Å². The molecule has 4 rings (SSSR count). The van der Waals surface area contributed by atoms with Crippen molar-refractivity contribution in [1.29, 1.82) is 0 Å². The monoisotopic (exact) mass is 504 g/mol. The van der Waals surface area contributed by atoms with Gasteiger partial charge in [-0.2, -0.15) is 0 Å². The van der Waals surface area contributed by atoms with Crippen molar-refractivity contribution in [3.63, 3.8) is 0 Å². The number of hydrogen-bond acceptors (Lipinski definition) is 4. The van der Waals surface area contributed by atoms with E-state index in [1.807, 2.05) is 42.5 Å². The fourth-order valence-corrected chi connectivity index (χ4v) is 5.43. The van der Waals surface area contributed by atoms with E-state index in [4.69, 9.17) is 4.74 Å². The molecule has 5 heteroatoms. The molecule has 0 amide bonds. The van der Waals surface area contributed by atoms with Gasteiger partial charge in [0.1, 0.15) is 11.6 Å². The number of nitrogens with zero attached hydrogens (tertiary/aromatic N) is 2. The highest BCUT2D eigenvalue weighted by atomic mass is 19.1. The third-order valence-electron chi connectivity index (χ3n) is 7.54. The Hall–Kier alpha value is -2.89. The third kappa shape index (κ3) is 6.71. The normalized spacial score (nSPS) is 16.8. The van der Waals surface area contributed by atoms with Crippen LogP contribution in [-0.4, -0.2) is 49.3 Å². The van der Waals surface area contributed by atoms with Crippen LogP contribution in [0.3, 0.4) is 0 Å². The molecule has 1 aliphatic heterocycles. The first kappa shape index (κ1) is 27.2. The van der Waals surface area contributed by atoms with Crippen molar-refractivity contribution >= 4 is 5.69 Å². The molecule has 4 nitrogen and oxygen atoms in total. The lowest BCUT2D eigenvalue weighted by molar-refractivity contribution is -0.0141. The zero-order valence-corrected chi connectivity index (χ0v) is 22.3. The van der Waals surface area contributed by atoms with Gasteiger partial charge in [0, 0.05) is 38.6 Å². The molecular weight excluding hydrogens is 463 g/mol. The summed E-state index contributed by atoms with van der Waals surface area (Å²) in [7, 11) is 0. The second-order valence-corrected chi connectivity index (χ2v) is 10.1. The minimum absolute atomic E-state index is 0.0967. The topological polar surface area (TPSA) is 35.9 Å². The maximum Gasteiger partial charge on any atom is 0.146 e. The van der Waals surface area contributed by atoms with Gasteiger partial charge >= 0.3 is 0 Å². The van der Waals surface area contributed by atoms with E-state index in [2.05, 4.69) is 47.9 Å². The Labute approximate surface area is 221 Å². The van der Waals surface area contributed by atoms with E-state index in [0.29, 0.717) is 18.7 Å². The predicted octanol–water partition coefficient (Wildman–Crippen LogP) is 6.60. The molecule has 0 radical (unpaired) electrons. The van der Waals surface area contributed by atoms with Gasteiger partial charge in [-0.05, 0) is 48.2 Å². The minimum atomic E-state index is -1.01. The number of ether oxygens (including phenoxy) is 1. The highest BCUT2D eigenvalue weighted by molar-refractivity contribution is 5.48. The van der Waals surface area contributed by atoms with E-state index in [1.165, 1.54) is 6.07 Å². The zero-order valence-electron chi connectivity index (χ0n) is 22.3. The first-order valence-corrected chi connectivity index (χ1v) is 13.8. The summed E-state index contributed by atoms with van der Waals surface area (Å²) in [5, 5.41) is 12.4. The van der Waals surface area contributed by atoms with Crippen LogP contribution in [0.4, 0.5) is 10.1 Å². The van der Waals surface area contributed by atoms with Crippen LogP contribution in [0.2, 0.25) is 0 Å². The lowest BCUT2D eigenvalue weighted by Crippen LogP contribution is -2.50. The number of anilines is 1. The average Bonchev–Trinajstić information content (AvgIpc) is 2.93. The molecule has 1 heterocycles. The van der Waals surface area contributed by atoms with Gasteiger partial charge in [-0.15, -0.1) is 0 Å². The second kappa shape index (κ2) is 13.1. The van der Waals surface area contributed by atoms with Crippen LogP contribution in [0.15, 0.2) is 78.9 Å². The summed E-state index contributed by atoms with van der Waals surface area (Å²) in [5.41, 5.74) is 1.72. The summed E-state index contributed by atoms with van der Waals surface area (Å²) in [5.74, 6) is 0.578. The third-order valence-corrected chi connectivity index (χ3v) is 7.54. The molecule has 0 aliphatic carbocycles. The standard InChI is InChI=1S/C32H41FN2O2/c1-3-5-24-37-28-17-15-27(16-18-28)32(36,19-4-2)29(26-11-7-6-8-12-26)25-34-20-22-35(23-21-34)31-14-10-9-13-30(31)33/h6-18,29,36H,3-5,19-25H2,1-2H3. The van der Waals surface area contributed by atoms with Crippen molar-refractivity contribution in [2.75, 3.05) is 44.2 Å². The van der Waals surface area contributed by atoms with Gasteiger partial charge in [0.15, 0.2) is 0 Å². The molecule has 198 valence electrons. The Balaban J connectivity index is 1.55. The molecule has 0 bridgehead atoms. The summed E-state index contributed by atoms with van der Waals surface area (Å²) >= 11 is 0. The van der Waals surface area contributed by atoms with Crippen molar-refractivity contribution in [3.05, 3.63) is 95.8 Å². The van der Waals surface area contributed by atoms with Crippen LogP contribution in [0.5, 0.6) is 5.75 Å². The molecule has 1 aliphatic rings. The van der Waals surface area contributed by atoms with Crippen LogP contribution in [0, 0.1) is 5.82 Å². The van der Waals surface area contributed by atoms with E-state index >= 15 is 0 Å². The van der Waals surface area contributed by atoms with Gasteiger partial charge in [-0.1, -0.05) is 81.3 Å². The Morgan fingerprint density at radius 3 is 2.19 bits per heavy atom. The molecule has 0 aromatic heterocycles. The van der Waals surface area contributed by atoms with Gasteiger partial charge in [0.05, 0.1) is 17.9 Å². The second-order valence-electron chi connectivity index (χ2n) is 10.1. The quantitative estimate of drug-likeness (QED) is 0.282. The minimum Gasteiger partial charge on any atom is -0.494 e. The van der Waals surface area contributed by atoms with E-state index in [9.17, 15) is 9.50 Å². The van der Waals surface area contributed by atoms with E-state index in [0.717, 1.165) is 68.9 Å². The molecule has 1 fully saturated rings. The average molecular weight is 505 g/mol. The Kier molecular flexibility index (Phi) is 9.59. The molecule has 3 aromatic carbocycles. The number of piperazine rings is 1. The van der Waals surface area contributed by atoms with E-state index in [1.54, 1.807) is 6.07 Å². The smallest absolute Gasteiger partial charge is 0.146 e. The Morgan fingerprint density at radius 2 is 1.54 bits per heavy atom. The van der Waals surface area contributed by atoms with Crippen molar-refractivity contribution in [3.8, 4) is 5.75 Å². The largest absolute Gasteiger partial charge is 0.494 e. The highest BCUT2D eigenvalue weighted by Crippen LogP contribution is 2.42. The number of rotatable bonds is 12. The summed E-state index contributed by atoms with van der Waals surface area (Å²) in [6.45, 7) is 8.90. The number of hydrogen-bond donors (Lipinski definition) is 1. The number of benzene rings is 3. The maximum atomic E-state index is 14.3. The zero-order chi connectivity index (χ0) is 26.1. The van der Waals surface area contributed by atoms with Gasteiger partial charge < -0.3 is 14.7 Å². The molecule has 1 N–H and O–H groups in total. The van der Waals surface area contributed by atoms with Crippen LogP contribution in [-0.2, 0) is 5.60 Å².